The molecule has 1 aromatic carbocycles. The van der Waals surface area contributed by atoms with Gasteiger partial charge in [-0.25, -0.2) is 9.78 Å². The lowest BCUT2D eigenvalue weighted by Gasteiger charge is -2.05. The third kappa shape index (κ3) is 2.75. The highest BCUT2D eigenvalue weighted by Crippen LogP contribution is 2.17. The van der Waals surface area contributed by atoms with Crippen molar-refractivity contribution in [1.82, 2.24) is 19.1 Å². The van der Waals surface area contributed by atoms with E-state index < -0.39 is 11.2 Å². The van der Waals surface area contributed by atoms with Gasteiger partial charge in [0.2, 0.25) is 0 Å². The fourth-order valence-corrected chi connectivity index (χ4v) is 2.82. The Morgan fingerprint density at radius 3 is 2.61 bits per heavy atom. The molecule has 0 aliphatic heterocycles. The van der Waals surface area contributed by atoms with Crippen LogP contribution in [0.15, 0.2) is 38.6 Å². The van der Waals surface area contributed by atoms with E-state index in [1.807, 2.05) is 0 Å². The van der Waals surface area contributed by atoms with Gasteiger partial charge in [-0.2, -0.15) is 0 Å². The van der Waals surface area contributed by atoms with Crippen molar-refractivity contribution < 1.29 is 4.79 Å². The van der Waals surface area contributed by atoms with Crippen LogP contribution in [0.4, 0.5) is 0 Å². The molecule has 0 aliphatic rings. The summed E-state index contributed by atoms with van der Waals surface area (Å²) >= 11 is 9.03. The molecule has 1 N–H and O–H groups in total. The second kappa shape index (κ2) is 5.78. The molecule has 0 spiro atoms. The number of ketones is 1. The van der Waals surface area contributed by atoms with Crippen molar-refractivity contribution >= 4 is 44.5 Å². The SMILES string of the molecule is Cn1c(=O)[nH]c(=O)c2c1nc(Br)n2CC(=O)c1ccc(Cl)cc1. The van der Waals surface area contributed by atoms with Gasteiger partial charge in [-0.15, -0.1) is 0 Å². The number of fused-ring (bicyclic) bond motifs is 1. The molecule has 3 rings (SSSR count). The lowest BCUT2D eigenvalue weighted by molar-refractivity contribution is 0.0972. The fraction of sp³-hybridized carbons (Fsp3) is 0.143. The molecule has 23 heavy (non-hydrogen) atoms. The molecule has 0 fully saturated rings. The maximum atomic E-state index is 12.4. The molecule has 2 aromatic heterocycles. The largest absolute Gasteiger partial charge is 0.329 e. The van der Waals surface area contributed by atoms with Gasteiger partial charge in [0.15, 0.2) is 21.7 Å². The van der Waals surface area contributed by atoms with Gasteiger partial charge in [0.25, 0.3) is 5.56 Å². The molecule has 0 amide bonds. The number of imidazole rings is 1. The van der Waals surface area contributed by atoms with Crippen LogP contribution in [-0.4, -0.2) is 24.9 Å². The summed E-state index contributed by atoms with van der Waals surface area (Å²) in [4.78, 5) is 42.4. The van der Waals surface area contributed by atoms with Gasteiger partial charge in [0.1, 0.15) is 0 Å². The van der Waals surface area contributed by atoms with Crippen molar-refractivity contribution in [2.24, 2.45) is 7.05 Å². The first-order chi connectivity index (χ1) is 10.9. The number of aromatic nitrogens is 4. The Morgan fingerprint density at radius 1 is 1.30 bits per heavy atom. The van der Waals surface area contributed by atoms with Crippen LogP contribution in [0.2, 0.25) is 5.02 Å². The van der Waals surface area contributed by atoms with Gasteiger partial charge >= 0.3 is 5.69 Å². The maximum absolute atomic E-state index is 12.4. The van der Waals surface area contributed by atoms with E-state index in [1.54, 1.807) is 24.3 Å². The van der Waals surface area contributed by atoms with E-state index in [2.05, 4.69) is 25.9 Å². The summed E-state index contributed by atoms with van der Waals surface area (Å²) in [5.74, 6) is -0.213. The second-order valence-electron chi connectivity index (χ2n) is 4.89. The number of hydrogen-bond acceptors (Lipinski definition) is 4. The predicted octanol–water partition coefficient (Wildman–Crippen LogP) is 1.72. The topological polar surface area (TPSA) is 89.8 Å². The summed E-state index contributed by atoms with van der Waals surface area (Å²) < 4.78 is 2.93. The van der Waals surface area contributed by atoms with Crippen LogP contribution in [0.25, 0.3) is 11.2 Å². The van der Waals surface area contributed by atoms with E-state index in [0.29, 0.717) is 15.3 Å². The molecule has 0 unspecified atom stereocenters. The summed E-state index contributed by atoms with van der Waals surface area (Å²) in [6.45, 7) is -0.0972. The molecule has 0 bridgehead atoms. The molecule has 0 atom stereocenters. The molecule has 0 radical (unpaired) electrons. The van der Waals surface area contributed by atoms with Crippen LogP contribution in [0.1, 0.15) is 10.4 Å². The number of rotatable bonds is 3. The van der Waals surface area contributed by atoms with Crippen LogP contribution in [0, 0.1) is 0 Å². The Kier molecular flexibility index (Phi) is 3.95. The Labute approximate surface area is 142 Å². The number of nitrogens with zero attached hydrogens (tertiary/aromatic N) is 3. The number of Topliss-reactive ketones (excluding diaryl/α,β-unsaturated/α-hetero) is 1. The van der Waals surface area contributed by atoms with Crippen molar-refractivity contribution in [1.29, 1.82) is 0 Å². The van der Waals surface area contributed by atoms with Crippen LogP contribution in [-0.2, 0) is 13.6 Å². The van der Waals surface area contributed by atoms with E-state index in [9.17, 15) is 14.4 Å². The molecule has 9 heteroatoms. The highest BCUT2D eigenvalue weighted by atomic mass is 79.9. The molecular weight excluding hydrogens is 388 g/mol. The predicted molar refractivity (Wildman–Crippen MR) is 89.1 cm³/mol. The summed E-state index contributed by atoms with van der Waals surface area (Å²) in [7, 11) is 1.49. The van der Waals surface area contributed by atoms with Crippen molar-refractivity contribution in [2.45, 2.75) is 6.54 Å². The molecule has 0 saturated carbocycles. The minimum atomic E-state index is -0.592. The highest BCUT2D eigenvalue weighted by Gasteiger charge is 2.18. The standard InChI is InChI=1S/C14H10BrClN4O3/c1-19-11-10(12(22)18-14(19)23)20(13(15)17-11)6-9(21)7-2-4-8(16)5-3-7/h2-5H,6H2,1H3,(H,18,22,23). The number of halogens is 2. The van der Waals surface area contributed by atoms with Gasteiger partial charge in [0, 0.05) is 17.6 Å². The lowest BCUT2D eigenvalue weighted by Crippen LogP contribution is -2.29. The van der Waals surface area contributed by atoms with Crippen LogP contribution in [0.3, 0.4) is 0 Å². The zero-order chi connectivity index (χ0) is 16.7. The average Bonchev–Trinajstić information content (AvgIpc) is 2.83. The van der Waals surface area contributed by atoms with Gasteiger partial charge in [-0.05, 0) is 40.2 Å². The zero-order valence-electron chi connectivity index (χ0n) is 11.8. The fourth-order valence-electron chi connectivity index (χ4n) is 2.22. The van der Waals surface area contributed by atoms with Crippen LogP contribution >= 0.6 is 27.5 Å². The van der Waals surface area contributed by atoms with E-state index in [4.69, 9.17) is 11.6 Å². The number of benzene rings is 1. The monoisotopic (exact) mass is 396 g/mol. The quantitative estimate of drug-likeness (QED) is 0.538. The van der Waals surface area contributed by atoms with E-state index in [-0.39, 0.29) is 23.5 Å². The highest BCUT2D eigenvalue weighted by molar-refractivity contribution is 9.10. The number of aryl methyl sites for hydroxylation is 1. The van der Waals surface area contributed by atoms with Crippen molar-refractivity contribution in [3.05, 3.63) is 60.4 Å². The number of hydrogen-bond donors (Lipinski definition) is 1. The number of carbonyl (C=O) groups is 1. The van der Waals surface area contributed by atoms with Gasteiger partial charge in [-0.1, -0.05) is 11.6 Å². The Hall–Kier alpha value is -2.19. The number of aromatic amines is 1. The summed E-state index contributed by atoms with van der Waals surface area (Å²) in [5.41, 5.74) is -0.339. The number of carbonyl (C=O) groups excluding carboxylic acids is 1. The average molecular weight is 398 g/mol. The van der Waals surface area contributed by atoms with E-state index >= 15 is 0 Å². The van der Waals surface area contributed by atoms with Crippen molar-refractivity contribution in [3.63, 3.8) is 0 Å². The molecule has 118 valence electrons. The van der Waals surface area contributed by atoms with E-state index in [0.717, 1.165) is 0 Å². The Morgan fingerprint density at radius 2 is 1.96 bits per heavy atom. The Balaban J connectivity index is 2.10. The first-order valence-corrected chi connectivity index (χ1v) is 7.69. The lowest BCUT2D eigenvalue weighted by atomic mass is 10.1. The minimum Gasteiger partial charge on any atom is -0.305 e. The van der Waals surface area contributed by atoms with Crippen LogP contribution in [0.5, 0.6) is 0 Å². The number of H-pyrrole nitrogens is 1. The molecule has 2 heterocycles. The van der Waals surface area contributed by atoms with E-state index in [1.165, 1.54) is 16.2 Å². The molecule has 0 saturated heterocycles. The van der Waals surface area contributed by atoms with Gasteiger partial charge < -0.3 is 4.57 Å². The first-order valence-electron chi connectivity index (χ1n) is 6.52. The van der Waals surface area contributed by atoms with Crippen LogP contribution < -0.4 is 11.2 Å². The normalized spacial score (nSPS) is 11.1. The number of nitrogens with one attached hydrogen (secondary N) is 1. The minimum absolute atomic E-state index is 0.0972. The third-order valence-corrected chi connectivity index (χ3v) is 4.29. The molecule has 7 nitrogen and oxygen atoms in total. The third-order valence-electron chi connectivity index (χ3n) is 3.43. The summed E-state index contributed by atoms with van der Waals surface area (Å²) in [6, 6.07) is 6.45. The molecule has 3 aromatic rings. The van der Waals surface area contributed by atoms with Crippen molar-refractivity contribution in [2.75, 3.05) is 0 Å². The zero-order valence-corrected chi connectivity index (χ0v) is 14.2. The van der Waals surface area contributed by atoms with Gasteiger partial charge in [-0.3, -0.25) is 19.1 Å². The van der Waals surface area contributed by atoms with Gasteiger partial charge in [0.05, 0.1) is 6.54 Å². The first kappa shape index (κ1) is 15.7. The smallest absolute Gasteiger partial charge is 0.305 e. The second-order valence-corrected chi connectivity index (χ2v) is 6.03. The molecule has 0 aliphatic carbocycles. The summed E-state index contributed by atoms with van der Waals surface area (Å²) in [6.07, 6.45) is 0. The van der Waals surface area contributed by atoms with Crippen molar-refractivity contribution in [3.8, 4) is 0 Å². The maximum Gasteiger partial charge on any atom is 0.329 e. The molecular formula is C14H10BrClN4O3. The Bertz CT molecular complexity index is 1030. The summed E-state index contributed by atoms with van der Waals surface area (Å²) in [5, 5.41) is 0.530.